The first kappa shape index (κ1) is 12.6. The van der Waals surface area contributed by atoms with Crippen LogP contribution in [0.1, 0.15) is 23.9 Å². The Morgan fingerprint density at radius 2 is 1.95 bits per heavy atom. The minimum Gasteiger partial charge on any atom is -0.331 e. The molecule has 0 amide bonds. The van der Waals surface area contributed by atoms with Gasteiger partial charge in [0, 0.05) is 15.5 Å². The van der Waals surface area contributed by atoms with Crippen LogP contribution in [0, 0.1) is 8.34 Å². The third kappa shape index (κ3) is 2.02. The van der Waals surface area contributed by atoms with Crippen LogP contribution in [0.25, 0.3) is 11.0 Å². The van der Waals surface area contributed by atoms with Gasteiger partial charge in [-0.1, -0.05) is 30.3 Å². The number of nitrogens with zero attached hydrogens (tertiary/aromatic N) is 1. The summed E-state index contributed by atoms with van der Waals surface area (Å²) in [5.74, 6) is 0.598. The van der Waals surface area contributed by atoms with E-state index in [9.17, 15) is 0 Å². The number of aromatic nitrogens is 2. The van der Waals surface area contributed by atoms with Crippen LogP contribution in [0.3, 0.4) is 0 Å². The average Bonchev–Trinajstić information content (AvgIpc) is 3.16. The molecular formula is C16H13IN2S. The topological polar surface area (TPSA) is 20.7 Å². The smallest absolute Gasteiger partial charge is 0.178 e. The van der Waals surface area contributed by atoms with E-state index >= 15 is 0 Å². The number of benzene rings is 2. The van der Waals surface area contributed by atoms with Gasteiger partial charge in [0.1, 0.15) is 0 Å². The molecule has 100 valence electrons. The highest BCUT2D eigenvalue weighted by Crippen LogP contribution is 2.52. The Balaban J connectivity index is 1.78. The number of hydrogen-bond donors (Lipinski definition) is 1. The third-order valence-corrected chi connectivity index (χ3v) is 4.96. The van der Waals surface area contributed by atoms with Gasteiger partial charge in [-0.05, 0) is 65.0 Å². The minimum absolute atomic E-state index is 0.499. The highest BCUT2D eigenvalue weighted by Gasteiger charge is 2.40. The van der Waals surface area contributed by atoms with Crippen molar-refractivity contribution in [3.63, 3.8) is 0 Å². The van der Waals surface area contributed by atoms with Gasteiger partial charge >= 0.3 is 0 Å². The van der Waals surface area contributed by atoms with Crippen molar-refractivity contribution in [2.24, 2.45) is 0 Å². The van der Waals surface area contributed by atoms with Gasteiger partial charge in [-0.3, -0.25) is 0 Å². The van der Waals surface area contributed by atoms with E-state index < -0.39 is 0 Å². The summed E-state index contributed by atoms with van der Waals surface area (Å²) >= 11 is 7.85. The molecule has 1 N–H and O–H groups in total. The van der Waals surface area contributed by atoms with Crippen LogP contribution < -0.4 is 0 Å². The van der Waals surface area contributed by atoms with Gasteiger partial charge in [-0.15, -0.1) is 0 Å². The first-order valence-electron chi connectivity index (χ1n) is 6.69. The van der Waals surface area contributed by atoms with Crippen molar-refractivity contribution in [2.45, 2.75) is 18.4 Å². The molecule has 1 aliphatic rings. The number of fused-ring (bicyclic) bond motifs is 1. The van der Waals surface area contributed by atoms with Crippen molar-refractivity contribution in [3.05, 3.63) is 62.4 Å². The Hall–Kier alpha value is -1.14. The molecule has 4 rings (SSSR count). The number of H-pyrrole nitrogens is 1. The molecule has 0 saturated heterocycles. The molecule has 1 aromatic heterocycles. The molecule has 2 unspecified atom stereocenters. The van der Waals surface area contributed by atoms with E-state index in [1.165, 1.54) is 21.1 Å². The summed E-state index contributed by atoms with van der Waals surface area (Å²) in [5, 5.41) is 0. The van der Waals surface area contributed by atoms with Crippen LogP contribution in [-0.4, -0.2) is 9.55 Å². The van der Waals surface area contributed by atoms with E-state index in [1.807, 2.05) is 0 Å². The van der Waals surface area contributed by atoms with Gasteiger partial charge in [0.2, 0.25) is 0 Å². The summed E-state index contributed by atoms with van der Waals surface area (Å²) < 4.78 is 4.36. The maximum Gasteiger partial charge on any atom is 0.178 e. The molecule has 0 aliphatic heterocycles. The first-order valence-corrected chi connectivity index (χ1v) is 8.17. The van der Waals surface area contributed by atoms with Crippen molar-refractivity contribution in [3.8, 4) is 0 Å². The molecule has 0 bridgehead atoms. The molecule has 2 nitrogen and oxygen atoms in total. The van der Waals surface area contributed by atoms with Gasteiger partial charge in [-0.25, -0.2) is 0 Å². The second kappa shape index (κ2) is 4.70. The van der Waals surface area contributed by atoms with E-state index in [0.29, 0.717) is 12.0 Å². The number of rotatable bonds is 2. The van der Waals surface area contributed by atoms with Crippen LogP contribution >= 0.6 is 34.8 Å². The second-order valence-corrected chi connectivity index (χ2v) is 6.91. The Kier molecular flexibility index (Phi) is 2.96. The number of halogens is 1. The van der Waals surface area contributed by atoms with E-state index in [-0.39, 0.29) is 0 Å². The molecule has 1 aliphatic carbocycles. The van der Waals surface area contributed by atoms with Crippen molar-refractivity contribution < 1.29 is 0 Å². The van der Waals surface area contributed by atoms with Crippen molar-refractivity contribution in [2.75, 3.05) is 0 Å². The van der Waals surface area contributed by atoms with Crippen LogP contribution in [-0.2, 0) is 0 Å². The molecule has 2 atom stereocenters. The van der Waals surface area contributed by atoms with Crippen LogP contribution in [0.5, 0.6) is 0 Å². The Labute approximate surface area is 136 Å². The fraction of sp³-hybridized carbons (Fsp3) is 0.188. The molecule has 1 fully saturated rings. The fourth-order valence-electron chi connectivity index (χ4n) is 2.96. The molecule has 20 heavy (non-hydrogen) atoms. The maximum atomic E-state index is 5.52. The third-order valence-electron chi connectivity index (χ3n) is 3.99. The monoisotopic (exact) mass is 392 g/mol. The number of hydrogen-bond acceptors (Lipinski definition) is 1. The summed E-state index contributed by atoms with van der Waals surface area (Å²) in [6.45, 7) is 0. The van der Waals surface area contributed by atoms with Gasteiger partial charge in [-0.2, -0.15) is 0 Å². The second-order valence-electron chi connectivity index (χ2n) is 5.28. The van der Waals surface area contributed by atoms with Crippen molar-refractivity contribution >= 4 is 45.8 Å². The summed E-state index contributed by atoms with van der Waals surface area (Å²) in [5.41, 5.74) is 3.78. The van der Waals surface area contributed by atoms with Gasteiger partial charge < -0.3 is 9.55 Å². The summed E-state index contributed by atoms with van der Waals surface area (Å²) in [7, 11) is 0. The molecule has 1 heterocycles. The summed E-state index contributed by atoms with van der Waals surface area (Å²) in [4.78, 5) is 3.33. The Morgan fingerprint density at radius 3 is 2.75 bits per heavy atom. The standard InChI is InChI=1S/C16H13IN2S/c17-11-6-7-14-13(8-11)18-16(20)19(14)15-9-12(15)10-4-2-1-3-5-10/h1-8,12,15H,9H2,(H,18,20). The predicted octanol–water partition coefficient (Wildman–Crippen LogP) is 5.03. The first-order chi connectivity index (χ1) is 9.74. The van der Waals surface area contributed by atoms with Crippen molar-refractivity contribution in [1.82, 2.24) is 9.55 Å². The van der Waals surface area contributed by atoms with E-state index in [4.69, 9.17) is 12.2 Å². The maximum absolute atomic E-state index is 5.52. The SMILES string of the molecule is S=c1[nH]c2cc(I)ccc2n1C1CC1c1ccccc1. The molecule has 4 heteroatoms. The van der Waals surface area contributed by atoms with Crippen molar-refractivity contribution in [1.29, 1.82) is 0 Å². The molecule has 0 spiro atoms. The van der Waals surface area contributed by atoms with Crippen LogP contribution in [0.15, 0.2) is 48.5 Å². The zero-order valence-electron chi connectivity index (χ0n) is 10.7. The Bertz CT molecular complexity index is 835. The van der Waals surface area contributed by atoms with Gasteiger partial charge in [0.15, 0.2) is 4.77 Å². The molecule has 3 aromatic rings. The number of aromatic amines is 1. The zero-order chi connectivity index (χ0) is 13.7. The fourth-order valence-corrected chi connectivity index (χ4v) is 3.79. The largest absolute Gasteiger partial charge is 0.331 e. The molecule has 1 saturated carbocycles. The van der Waals surface area contributed by atoms with E-state index in [0.717, 1.165) is 10.3 Å². The number of imidazole rings is 1. The summed E-state index contributed by atoms with van der Waals surface area (Å²) in [6.07, 6.45) is 1.18. The lowest BCUT2D eigenvalue weighted by atomic mass is 10.1. The van der Waals surface area contributed by atoms with Crippen LogP contribution in [0.2, 0.25) is 0 Å². The van der Waals surface area contributed by atoms with E-state index in [2.05, 4.69) is 80.7 Å². The highest BCUT2D eigenvalue weighted by atomic mass is 127. The average molecular weight is 392 g/mol. The van der Waals surface area contributed by atoms with E-state index in [1.54, 1.807) is 0 Å². The quantitative estimate of drug-likeness (QED) is 0.479. The summed E-state index contributed by atoms with van der Waals surface area (Å²) in [6, 6.07) is 17.7. The predicted molar refractivity (Wildman–Crippen MR) is 92.7 cm³/mol. The lowest BCUT2D eigenvalue weighted by Gasteiger charge is -2.04. The zero-order valence-corrected chi connectivity index (χ0v) is 13.7. The lowest BCUT2D eigenvalue weighted by Crippen LogP contribution is -1.96. The minimum atomic E-state index is 0.499. The highest BCUT2D eigenvalue weighted by molar-refractivity contribution is 14.1. The van der Waals surface area contributed by atoms with Gasteiger partial charge in [0.25, 0.3) is 0 Å². The molecular weight excluding hydrogens is 379 g/mol. The Morgan fingerprint density at radius 1 is 1.15 bits per heavy atom. The van der Waals surface area contributed by atoms with Gasteiger partial charge in [0.05, 0.1) is 11.0 Å². The number of nitrogens with one attached hydrogen (secondary N) is 1. The normalized spacial score (nSPS) is 21.2. The molecule has 2 aromatic carbocycles. The van der Waals surface area contributed by atoms with Crippen LogP contribution in [0.4, 0.5) is 0 Å². The molecule has 0 radical (unpaired) electrons. The lowest BCUT2D eigenvalue weighted by molar-refractivity contribution is 0.728.